The molecule has 0 saturated carbocycles. The summed E-state index contributed by atoms with van der Waals surface area (Å²) in [5.41, 5.74) is 1.42. The lowest BCUT2D eigenvalue weighted by molar-refractivity contribution is 0.477. The van der Waals surface area contributed by atoms with Gasteiger partial charge in [-0.2, -0.15) is 0 Å². The molecule has 86 valence electrons. The van der Waals surface area contributed by atoms with Gasteiger partial charge in [0.1, 0.15) is 0 Å². The van der Waals surface area contributed by atoms with Gasteiger partial charge in [0, 0.05) is 12.5 Å². The predicted molar refractivity (Wildman–Crippen MR) is 70.3 cm³/mol. The number of hydrogen-bond acceptors (Lipinski definition) is 1. The Morgan fingerprint density at radius 2 is 2.00 bits per heavy atom. The number of terminal acetylenes is 1. The minimum atomic E-state index is 0.591. The van der Waals surface area contributed by atoms with Crippen LogP contribution in [0.1, 0.15) is 31.2 Å². The average molecular weight is 215 g/mol. The van der Waals surface area contributed by atoms with Gasteiger partial charge in [-0.25, -0.2) is 0 Å². The van der Waals surface area contributed by atoms with Gasteiger partial charge in [-0.15, -0.1) is 12.3 Å². The molecule has 0 radical (unpaired) electrons. The van der Waals surface area contributed by atoms with E-state index in [2.05, 4.69) is 41.6 Å². The molecule has 1 rings (SSSR count). The summed E-state index contributed by atoms with van der Waals surface area (Å²) >= 11 is 0. The largest absolute Gasteiger partial charge is 0.317 e. The van der Waals surface area contributed by atoms with E-state index in [1.54, 1.807) is 0 Å². The Balaban J connectivity index is 2.26. The van der Waals surface area contributed by atoms with Crippen molar-refractivity contribution in [2.45, 2.75) is 38.1 Å². The molecule has 1 N–H and O–H groups in total. The number of benzene rings is 1. The van der Waals surface area contributed by atoms with Crippen LogP contribution < -0.4 is 5.32 Å². The van der Waals surface area contributed by atoms with Crippen molar-refractivity contribution in [3.63, 3.8) is 0 Å². The maximum Gasteiger partial charge on any atom is 0.00866 e. The molecule has 0 bridgehead atoms. The molecule has 0 aromatic heterocycles. The fraction of sp³-hybridized carbons (Fsp3) is 0.467. The molecule has 0 spiro atoms. The van der Waals surface area contributed by atoms with Crippen molar-refractivity contribution >= 4 is 0 Å². The summed E-state index contributed by atoms with van der Waals surface area (Å²) < 4.78 is 0. The standard InChI is InChI=1S/C15H21N/c1-3-4-6-11-15(16-2)13-12-14-9-7-5-8-10-14/h1,5,7-10,15-16H,4,6,11-13H2,2H3. The van der Waals surface area contributed by atoms with E-state index in [1.165, 1.54) is 18.4 Å². The second kappa shape index (κ2) is 7.96. The molecular formula is C15H21N. The Kier molecular flexibility index (Phi) is 6.37. The first-order chi connectivity index (χ1) is 7.86. The minimum absolute atomic E-state index is 0.591. The molecule has 1 unspecified atom stereocenters. The van der Waals surface area contributed by atoms with Crippen molar-refractivity contribution in [1.29, 1.82) is 0 Å². The van der Waals surface area contributed by atoms with E-state index in [9.17, 15) is 0 Å². The Morgan fingerprint density at radius 3 is 2.62 bits per heavy atom. The lowest BCUT2D eigenvalue weighted by atomic mass is 10.0. The van der Waals surface area contributed by atoms with E-state index >= 15 is 0 Å². The number of rotatable bonds is 7. The van der Waals surface area contributed by atoms with Gasteiger partial charge in [0.05, 0.1) is 0 Å². The second-order valence-electron chi connectivity index (χ2n) is 4.11. The van der Waals surface area contributed by atoms with Crippen LogP contribution in [-0.2, 0) is 6.42 Å². The molecule has 0 aliphatic heterocycles. The van der Waals surface area contributed by atoms with Crippen molar-refractivity contribution in [3.8, 4) is 12.3 Å². The Bertz CT molecular complexity index is 310. The molecule has 1 aromatic carbocycles. The molecule has 0 aliphatic carbocycles. The monoisotopic (exact) mass is 215 g/mol. The number of nitrogens with one attached hydrogen (secondary N) is 1. The zero-order valence-electron chi connectivity index (χ0n) is 10.1. The normalized spacial score (nSPS) is 12.0. The van der Waals surface area contributed by atoms with Crippen LogP contribution in [0.3, 0.4) is 0 Å². The zero-order valence-corrected chi connectivity index (χ0v) is 10.1. The van der Waals surface area contributed by atoms with Gasteiger partial charge in [-0.1, -0.05) is 30.3 Å². The second-order valence-corrected chi connectivity index (χ2v) is 4.11. The fourth-order valence-electron chi connectivity index (χ4n) is 1.87. The van der Waals surface area contributed by atoms with Crippen LogP contribution in [0.15, 0.2) is 30.3 Å². The summed E-state index contributed by atoms with van der Waals surface area (Å²) in [5.74, 6) is 2.69. The summed E-state index contributed by atoms with van der Waals surface area (Å²) in [5, 5.41) is 3.36. The first-order valence-electron chi connectivity index (χ1n) is 6.01. The van der Waals surface area contributed by atoms with E-state index in [4.69, 9.17) is 6.42 Å². The first kappa shape index (κ1) is 12.8. The van der Waals surface area contributed by atoms with Gasteiger partial charge in [-0.3, -0.25) is 0 Å². The number of aryl methyl sites for hydroxylation is 1. The highest BCUT2D eigenvalue weighted by atomic mass is 14.9. The van der Waals surface area contributed by atoms with E-state index in [1.807, 2.05) is 7.05 Å². The van der Waals surface area contributed by atoms with E-state index in [0.29, 0.717) is 6.04 Å². The smallest absolute Gasteiger partial charge is 0.00866 e. The number of hydrogen-bond donors (Lipinski definition) is 1. The summed E-state index contributed by atoms with van der Waals surface area (Å²) in [6.07, 6.45) is 10.8. The van der Waals surface area contributed by atoms with E-state index in [0.717, 1.165) is 19.3 Å². The maximum absolute atomic E-state index is 5.25. The van der Waals surface area contributed by atoms with Crippen molar-refractivity contribution in [2.24, 2.45) is 0 Å². The SMILES string of the molecule is C#CCCCC(CCc1ccccc1)NC. The quantitative estimate of drug-likeness (QED) is 0.544. The number of unbranched alkanes of at least 4 members (excludes halogenated alkanes) is 1. The van der Waals surface area contributed by atoms with E-state index in [-0.39, 0.29) is 0 Å². The molecule has 16 heavy (non-hydrogen) atoms. The van der Waals surface area contributed by atoms with Crippen molar-refractivity contribution < 1.29 is 0 Å². The summed E-state index contributed by atoms with van der Waals surface area (Å²) in [6, 6.07) is 11.2. The van der Waals surface area contributed by atoms with Gasteiger partial charge in [0.25, 0.3) is 0 Å². The van der Waals surface area contributed by atoms with Crippen molar-refractivity contribution in [3.05, 3.63) is 35.9 Å². The molecule has 0 heterocycles. The van der Waals surface area contributed by atoms with Crippen LogP contribution in [0.5, 0.6) is 0 Å². The van der Waals surface area contributed by atoms with Crippen LogP contribution in [-0.4, -0.2) is 13.1 Å². The lowest BCUT2D eigenvalue weighted by Gasteiger charge is -2.15. The molecule has 0 fully saturated rings. The molecule has 1 heteroatoms. The molecule has 1 atom stereocenters. The molecule has 0 aliphatic rings. The maximum atomic E-state index is 5.25. The van der Waals surface area contributed by atoms with Crippen LogP contribution in [0.25, 0.3) is 0 Å². The molecule has 0 amide bonds. The van der Waals surface area contributed by atoms with Crippen LogP contribution in [0, 0.1) is 12.3 Å². The van der Waals surface area contributed by atoms with Crippen LogP contribution in [0.2, 0.25) is 0 Å². The molecular weight excluding hydrogens is 194 g/mol. The summed E-state index contributed by atoms with van der Waals surface area (Å²) in [7, 11) is 2.03. The minimum Gasteiger partial charge on any atom is -0.317 e. The topological polar surface area (TPSA) is 12.0 Å². The lowest BCUT2D eigenvalue weighted by Crippen LogP contribution is -2.25. The van der Waals surface area contributed by atoms with Crippen molar-refractivity contribution in [2.75, 3.05) is 7.05 Å². The zero-order chi connectivity index (χ0) is 11.6. The van der Waals surface area contributed by atoms with E-state index < -0.39 is 0 Å². The third-order valence-electron chi connectivity index (χ3n) is 2.91. The summed E-state index contributed by atoms with van der Waals surface area (Å²) in [6.45, 7) is 0. The van der Waals surface area contributed by atoms with Gasteiger partial charge in [-0.05, 0) is 38.3 Å². The average Bonchev–Trinajstić information content (AvgIpc) is 2.35. The van der Waals surface area contributed by atoms with Crippen molar-refractivity contribution in [1.82, 2.24) is 5.32 Å². The Labute approximate surface area is 99.3 Å². The highest BCUT2D eigenvalue weighted by Gasteiger charge is 2.05. The highest BCUT2D eigenvalue weighted by molar-refractivity contribution is 5.14. The van der Waals surface area contributed by atoms with Gasteiger partial charge >= 0.3 is 0 Å². The van der Waals surface area contributed by atoms with Gasteiger partial charge < -0.3 is 5.32 Å². The Morgan fingerprint density at radius 1 is 1.25 bits per heavy atom. The highest BCUT2D eigenvalue weighted by Crippen LogP contribution is 2.09. The first-order valence-corrected chi connectivity index (χ1v) is 6.01. The summed E-state index contributed by atoms with van der Waals surface area (Å²) in [4.78, 5) is 0. The Hall–Kier alpha value is -1.26. The third kappa shape index (κ3) is 5.00. The fourth-order valence-corrected chi connectivity index (χ4v) is 1.87. The third-order valence-corrected chi connectivity index (χ3v) is 2.91. The van der Waals surface area contributed by atoms with Gasteiger partial charge in [0.2, 0.25) is 0 Å². The molecule has 0 saturated heterocycles. The predicted octanol–water partition coefficient (Wildman–Crippen LogP) is 3.01. The van der Waals surface area contributed by atoms with Crippen LogP contribution >= 0.6 is 0 Å². The molecule has 1 nitrogen and oxygen atoms in total. The van der Waals surface area contributed by atoms with Crippen LogP contribution in [0.4, 0.5) is 0 Å². The van der Waals surface area contributed by atoms with Gasteiger partial charge in [0.15, 0.2) is 0 Å². The molecule has 1 aromatic rings.